The molecule has 14 heavy (non-hydrogen) atoms. The lowest BCUT2D eigenvalue weighted by Gasteiger charge is -2.05. The normalized spacial score (nSPS) is 10.0. The van der Waals surface area contributed by atoms with Gasteiger partial charge in [-0.1, -0.05) is 11.6 Å². The van der Waals surface area contributed by atoms with Crippen LogP contribution in [0.25, 0.3) is 0 Å². The molecule has 0 heterocycles. The zero-order chi connectivity index (χ0) is 10.9. The highest BCUT2D eigenvalue weighted by molar-refractivity contribution is 6.59. The smallest absolute Gasteiger partial charge is 0.478 e. The van der Waals surface area contributed by atoms with Gasteiger partial charge in [-0.3, -0.25) is 0 Å². The van der Waals surface area contributed by atoms with Gasteiger partial charge in [-0.15, -0.1) is 0 Å². The highest BCUT2D eigenvalue weighted by atomic mass is 35.5. The molecule has 7 heteroatoms. The van der Waals surface area contributed by atoms with E-state index in [0.717, 1.165) is 12.1 Å². The predicted octanol–water partition coefficient (Wildman–Crippen LogP) is -0.143. The predicted molar refractivity (Wildman–Crippen MR) is 48.2 cm³/mol. The van der Waals surface area contributed by atoms with Crippen LogP contribution in [0, 0.1) is 5.82 Å². The summed E-state index contributed by atoms with van der Waals surface area (Å²) in [6.07, 6.45) is 0. The Morgan fingerprint density at radius 2 is 2.00 bits per heavy atom. The molecule has 1 rings (SSSR count). The number of hydrogen-bond acceptors (Lipinski definition) is 3. The SMILES string of the molecule is O=C(O)c1cc(Cl)cc(B(O)O)c1F. The van der Waals surface area contributed by atoms with E-state index in [1.165, 1.54) is 0 Å². The van der Waals surface area contributed by atoms with Crippen LogP contribution in [0.15, 0.2) is 12.1 Å². The lowest BCUT2D eigenvalue weighted by atomic mass is 9.79. The van der Waals surface area contributed by atoms with Crippen molar-refractivity contribution in [2.75, 3.05) is 0 Å². The van der Waals surface area contributed by atoms with Crippen molar-refractivity contribution in [1.29, 1.82) is 0 Å². The molecule has 0 atom stereocenters. The molecule has 0 saturated heterocycles. The Morgan fingerprint density at radius 1 is 1.43 bits per heavy atom. The van der Waals surface area contributed by atoms with Crippen LogP contribution in [0.4, 0.5) is 4.39 Å². The van der Waals surface area contributed by atoms with E-state index < -0.39 is 29.9 Å². The molecule has 0 fully saturated rings. The van der Waals surface area contributed by atoms with Crippen molar-refractivity contribution in [2.45, 2.75) is 0 Å². The number of carboxylic acids is 1. The van der Waals surface area contributed by atoms with Crippen LogP contribution < -0.4 is 5.46 Å². The summed E-state index contributed by atoms with van der Waals surface area (Å²) in [5.74, 6) is -2.72. The van der Waals surface area contributed by atoms with E-state index in [1.54, 1.807) is 0 Å². The number of carboxylic acid groups (broad SMARTS) is 1. The summed E-state index contributed by atoms with van der Waals surface area (Å²) < 4.78 is 13.2. The summed E-state index contributed by atoms with van der Waals surface area (Å²) in [4.78, 5) is 10.5. The standard InChI is InChI=1S/C7H5BClFO4/c9-3-1-4(7(11)12)6(10)5(2-3)8(13)14/h1-2,13-14H,(H,11,12). The average Bonchev–Trinajstić information content (AvgIpc) is 2.07. The third kappa shape index (κ3) is 2.04. The molecule has 0 radical (unpaired) electrons. The summed E-state index contributed by atoms with van der Waals surface area (Å²) in [6.45, 7) is 0. The van der Waals surface area contributed by atoms with Gasteiger partial charge in [0.05, 0.1) is 5.56 Å². The van der Waals surface area contributed by atoms with E-state index in [9.17, 15) is 9.18 Å². The van der Waals surface area contributed by atoms with Crippen molar-refractivity contribution >= 4 is 30.2 Å². The van der Waals surface area contributed by atoms with E-state index in [0.29, 0.717) is 0 Å². The van der Waals surface area contributed by atoms with Gasteiger partial charge in [0.1, 0.15) is 5.82 Å². The number of benzene rings is 1. The molecule has 4 nitrogen and oxygen atoms in total. The maximum atomic E-state index is 13.2. The third-order valence-corrected chi connectivity index (χ3v) is 1.79. The van der Waals surface area contributed by atoms with Gasteiger partial charge >= 0.3 is 13.1 Å². The van der Waals surface area contributed by atoms with Crippen molar-refractivity contribution in [3.8, 4) is 0 Å². The highest BCUT2D eigenvalue weighted by Crippen LogP contribution is 2.13. The van der Waals surface area contributed by atoms with Gasteiger partial charge in [0, 0.05) is 10.5 Å². The Hall–Kier alpha value is -1.11. The van der Waals surface area contributed by atoms with E-state index in [4.69, 9.17) is 26.8 Å². The van der Waals surface area contributed by atoms with Crippen LogP contribution in [0.3, 0.4) is 0 Å². The molecule has 1 aromatic carbocycles. The molecule has 3 N–H and O–H groups in total. The topological polar surface area (TPSA) is 77.8 Å². The van der Waals surface area contributed by atoms with Crippen molar-refractivity contribution in [3.05, 3.63) is 28.5 Å². The summed E-state index contributed by atoms with van der Waals surface area (Å²) in [7, 11) is -2.09. The molecule has 74 valence electrons. The minimum atomic E-state index is -2.09. The molecule has 0 unspecified atom stereocenters. The largest absolute Gasteiger partial charge is 0.491 e. The van der Waals surface area contributed by atoms with Gasteiger partial charge in [0.2, 0.25) is 0 Å². The second-order valence-corrected chi connectivity index (χ2v) is 2.97. The summed E-state index contributed by atoms with van der Waals surface area (Å²) in [6, 6.07) is 1.85. The molecule has 1 aromatic rings. The van der Waals surface area contributed by atoms with Gasteiger partial charge < -0.3 is 15.2 Å². The van der Waals surface area contributed by atoms with Crippen LogP contribution in [0.1, 0.15) is 10.4 Å². The first kappa shape index (κ1) is 11.0. The second kappa shape index (κ2) is 3.95. The lowest BCUT2D eigenvalue weighted by Crippen LogP contribution is -2.34. The molecule has 0 aliphatic carbocycles. The van der Waals surface area contributed by atoms with E-state index in [-0.39, 0.29) is 5.02 Å². The number of aromatic carboxylic acids is 1. The Labute approximate surface area is 83.7 Å². The molecule has 0 aromatic heterocycles. The first-order valence-electron chi connectivity index (χ1n) is 3.52. The van der Waals surface area contributed by atoms with Gasteiger partial charge in [-0.05, 0) is 12.1 Å². The molecule has 0 spiro atoms. The van der Waals surface area contributed by atoms with E-state index in [2.05, 4.69) is 0 Å². The van der Waals surface area contributed by atoms with E-state index >= 15 is 0 Å². The van der Waals surface area contributed by atoms with Crippen LogP contribution in [0.5, 0.6) is 0 Å². The monoisotopic (exact) mass is 218 g/mol. The Balaban J connectivity index is 3.40. The zero-order valence-corrected chi connectivity index (χ0v) is 7.49. The fraction of sp³-hybridized carbons (Fsp3) is 0. The molecule has 0 aliphatic heterocycles. The number of carbonyl (C=O) groups is 1. The maximum absolute atomic E-state index is 13.2. The summed E-state index contributed by atoms with van der Waals surface area (Å²) in [5, 5.41) is 25.9. The highest BCUT2D eigenvalue weighted by Gasteiger charge is 2.22. The number of halogens is 2. The van der Waals surface area contributed by atoms with Crippen molar-refractivity contribution < 1.29 is 24.3 Å². The van der Waals surface area contributed by atoms with Crippen molar-refractivity contribution in [2.24, 2.45) is 0 Å². The van der Waals surface area contributed by atoms with Gasteiger partial charge in [-0.2, -0.15) is 0 Å². The third-order valence-electron chi connectivity index (χ3n) is 1.57. The molecule has 0 amide bonds. The van der Waals surface area contributed by atoms with Gasteiger partial charge in [0.15, 0.2) is 0 Å². The zero-order valence-electron chi connectivity index (χ0n) is 6.74. The fourth-order valence-corrected chi connectivity index (χ4v) is 1.18. The first-order chi connectivity index (χ1) is 6.43. The second-order valence-electron chi connectivity index (χ2n) is 2.54. The average molecular weight is 218 g/mol. The minimum absolute atomic E-state index is 0.0769. The van der Waals surface area contributed by atoms with Crippen molar-refractivity contribution in [3.63, 3.8) is 0 Å². The number of hydrogen-bond donors (Lipinski definition) is 3. The Morgan fingerprint density at radius 3 is 2.43 bits per heavy atom. The first-order valence-corrected chi connectivity index (χ1v) is 3.89. The van der Waals surface area contributed by atoms with Crippen LogP contribution in [-0.2, 0) is 0 Å². The molecule has 0 saturated carbocycles. The van der Waals surface area contributed by atoms with Crippen molar-refractivity contribution in [1.82, 2.24) is 0 Å². The fourth-order valence-electron chi connectivity index (χ4n) is 0.954. The molecular weight excluding hydrogens is 213 g/mol. The van der Waals surface area contributed by atoms with Crippen LogP contribution in [0.2, 0.25) is 5.02 Å². The van der Waals surface area contributed by atoms with Gasteiger partial charge in [-0.25, -0.2) is 9.18 Å². The molecular formula is C7H5BClFO4. The quantitative estimate of drug-likeness (QED) is 0.604. The molecule has 0 bridgehead atoms. The summed E-state index contributed by atoms with van der Waals surface area (Å²) in [5.41, 5.74) is -1.25. The van der Waals surface area contributed by atoms with E-state index in [1.807, 2.05) is 0 Å². The van der Waals surface area contributed by atoms with Gasteiger partial charge in [0.25, 0.3) is 0 Å². The Kier molecular flexibility index (Phi) is 3.10. The lowest BCUT2D eigenvalue weighted by molar-refractivity contribution is 0.0692. The van der Waals surface area contributed by atoms with Crippen LogP contribution >= 0.6 is 11.6 Å². The summed E-state index contributed by atoms with van der Waals surface area (Å²) >= 11 is 5.46. The van der Waals surface area contributed by atoms with Crippen LogP contribution in [-0.4, -0.2) is 28.2 Å². The maximum Gasteiger partial charge on any atom is 0.491 e. The minimum Gasteiger partial charge on any atom is -0.478 e. The Bertz CT molecular complexity index is 382. The number of rotatable bonds is 2. The molecule has 0 aliphatic rings.